The maximum atomic E-state index is 12.7. The Bertz CT molecular complexity index is 525. The van der Waals surface area contributed by atoms with Gasteiger partial charge in [-0.3, -0.25) is 0 Å². The van der Waals surface area contributed by atoms with Crippen LogP contribution in [0.5, 0.6) is 0 Å². The molecule has 0 amide bonds. The van der Waals surface area contributed by atoms with Gasteiger partial charge in [-0.05, 0) is 35.8 Å². The summed E-state index contributed by atoms with van der Waals surface area (Å²) in [5.41, 5.74) is 7.14. The van der Waals surface area contributed by atoms with Gasteiger partial charge in [0.15, 0.2) is 0 Å². The largest absolute Gasteiger partial charge is 0.388 e. The van der Waals surface area contributed by atoms with Gasteiger partial charge < -0.3 is 5.73 Å². The Hall–Kier alpha value is -1.93. The molecule has 0 spiro atoms. The summed E-state index contributed by atoms with van der Waals surface area (Å²) in [5, 5.41) is 9.25. The van der Waals surface area contributed by atoms with Crippen molar-refractivity contribution in [1.29, 1.82) is 5.26 Å². The van der Waals surface area contributed by atoms with Crippen LogP contribution in [0.15, 0.2) is 24.3 Å². The lowest BCUT2D eigenvalue weighted by Gasteiger charge is -1.96. The number of nitrogens with zero attached hydrogens (tertiary/aromatic N) is 2. The van der Waals surface area contributed by atoms with E-state index in [4.69, 9.17) is 11.0 Å². The molecule has 1 aromatic heterocycles. The Kier molecular flexibility index (Phi) is 2.35. The Morgan fingerprint density at radius 1 is 1.33 bits per heavy atom. The average Bonchev–Trinajstić information content (AvgIpc) is 2.61. The third-order valence-corrected chi connectivity index (χ3v) is 2.62. The molecule has 0 aliphatic rings. The molecule has 2 aromatic rings. The fourth-order valence-electron chi connectivity index (χ4n) is 1.22. The quantitative estimate of drug-likeness (QED) is 0.801. The highest BCUT2D eigenvalue weighted by atomic mass is 32.1. The Labute approximate surface area is 89.8 Å². The molecule has 0 bridgehead atoms. The molecule has 0 aliphatic heterocycles. The number of benzene rings is 1. The van der Waals surface area contributed by atoms with Gasteiger partial charge in [-0.1, -0.05) is 0 Å². The van der Waals surface area contributed by atoms with Crippen molar-refractivity contribution >= 4 is 16.5 Å². The maximum Gasteiger partial charge on any atom is 0.125 e. The summed E-state index contributed by atoms with van der Waals surface area (Å²) in [6.45, 7) is 0. The number of hydrogen-bond acceptors (Lipinski definition) is 4. The number of halogens is 1. The molecule has 15 heavy (non-hydrogen) atoms. The first kappa shape index (κ1) is 9.62. The molecular formula is C10H6FN3S. The molecule has 0 radical (unpaired) electrons. The summed E-state index contributed by atoms with van der Waals surface area (Å²) in [6.07, 6.45) is 0. The highest BCUT2D eigenvalue weighted by molar-refractivity contribution is 7.10. The SMILES string of the molecule is N#Cc1c(-c2ccc(F)cc2)nsc1N. The van der Waals surface area contributed by atoms with Gasteiger partial charge in [0.05, 0.1) is 0 Å². The lowest BCUT2D eigenvalue weighted by atomic mass is 10.1. The molecule has 2 rings (SSSR count). The molecule has 0 aliphatic carbocycles. The molecule has 0 atom stereocenters. The van der Waals surface area contributed by atoms with E-state index < -0.39 is 0 Å². The van der Waals surface area contributed by atoms with Crippen LogP contribution in [0.2, 0.25) is 0 Å². The van der Waals surface area contributed by atoms with Crippen LogP contribution in [-0.2, 0) is 0 Å². The summed E-state index contributed by atoms with van der Waals surface area (Å²) in [6, 6.07) is 7.79. The summed E-state index contributed by atoms with van der Waals surface area (Å²) in [5.74, 6) is -0.319. The number of hydrogen-bond donors (Lipinski definition) is 1. The first-order chi connectivity index (χ1) is 7.22. The van der Waals surface area contributed by atoms with Crippen LogP contribution in [0.3, 0.4) is 0 Å². The molecule has 0 saturated carbocycles. The van der Waals surface area contributed by atoms with Crippen LogP contribution in [0.1, 0.15) is 5.56 Å². The van der Waals surface area contributed by atoms with E-state index in [1.54, 1.807) is 12.1 Å². The molecule has 1 heterocycles. The standard InChI is InChI=1S/C10H6FN3S/c11-7-3-1-6(2-4-7)9-8(5-12)10(13)15-14-9/h1-4H,13H2. The Morgan fingerprint density at radius 3 is 2.60 bits per heavy atom. The third-order valence-electron chi connectivity index (χ3n) is 1.95. The molecular weight excluding hydrogens is 213 g/mol. The van der Waals surface area contributed by atoms with Crippen molar-refractivity contribution < 1.29 is 4.39 Å². The van der Waals surface area contributed by atoms with E-state index in [1.165, 1.54) is 12.1 Å². The van der Waals surface area contributed by atoms with E-state index in [0.29, 0.717) is 21.8 Å². The maximum absolute atomic E-state index is 12.7. The number of anilines is 1. The van der Waals surface area contributed by atoms with Crippen LogP contribution in [0, 0.1) is 17.1 Å². The van der Waals surface area contributed by atoms with E-state index in [2.05, 4.69) is 4.37 Å². The molecule has 74 valence electrons. The zero-order valence-corrected chi connectivity index (χ0v) is 8.38. The summed E-state index contributed by atoms with van der Waals surface area (Å²) >= 11 is 1.07. The van der Waals surface area contributed by atoms with Gasteiger partial charge in [0, 0.05) is 5.56 Å². The number of nitriles is 1. The zero-order valence-electron chi connectivity index (χ0n) is 7.57. The van der Waals surface area contributed by atoms with Crippen LogP contribution in [-0.4, -0.2) is 4.37 Å². The minimum Gasteiger partial charge on any atom is -0.388 e. The van der Waals surface area contributed by atoms with Crippen molar-refractivity contribution in [1.82, 2.24) is 4.37 Å². The predicted octanol–water partition coefficient (Wildman–Crippen LogP) is 2.40. The topological polar surface area (TPSA) is 62.7 Å². The van der Waals surface area contributed by atoms with Gasteiger partial charge in [0.2, 0.25) is 0 Å². The minimum atomic E-state index is -0.319. The summed E-state index contributed by atoms with van der Waals surface area (Å²) < 4.78 is 16.7. The number of nitrogen functional groups attached to an aromatic ring is 1. The van der Waals surface area contributed by atoms with E-state index in [1.807, 2.05) is 6.07 Å². The second-order valence-electron chi connectivity index (χ2n) is 2.89. The lowest BCUT2D eigenvalue weighted by molar-refractivity contribution is 0.628. The second-order valence-corrected chi connectivity index (χ2v) is 3.69. The number of rotatable bonds is 1. The zero-order chi connectivity index (χ0) is 10.8. The van der Waals surface area contributed by atoms with Crippen molar-refractivity contribution in [3.63, 3.8) is 0 Å². The minimum absolute atomic E-state index is 0.319. The van der Waals surface area contributed by atoms with Crippen molar-refractivity contribution in [2.24, 2.45) is 0 Å². The van der Waals surface area contributed by atoms with Gasteiger partial charge >= 0.3 is 0 Å². The third kappa shape index (κ3) is 1.67. The van der Waals surface area contributed by atoms with Crippen molar-refractivity contribution in [2.75, 3.05) is 5.73 Å². The van der Waals surface area contributed by atoms with Crippen molar-refractivity contribution in [3.05, 3.63) is 35.6 Å². The highest BCUT2D eigenvalue weighted by Gasteiger charge is 2.12. The van der Waals surface area contributed by atoms with E-state index in [0.717, 1.165) is 11.5 Å². The molecule has 0 unspecified atom stereocenters. The molecule has 0 saturated heterocycles. The normalized spacial score (nSPS) is 9.87. The Morgan fingerprint density at radius 2 is 2.00 bits per heavy atom. The van der Waals surface area contributed by atoms with Crippen LogP contribution >= 0.6 is 11.5 Å². The lowest BCUT2D eigenvalue weighted by Crippen LogP contribution is -1.86. The van der Waals surface area contributed by atoms with E-state index in [-0.39, 0.29) is 5.82 Å². The molecule has 1 aromatic carbocycles. The smallest absolute Gasteiger partial charge is 0.125 e. The van der Waals surface area contributed by atoms with Crippen LogP contribution in [0.4, 0.5) is 9.39 Å². The molecule has 3 nitrogen and oxygen atoms in total. The van der Waals surface area contributed by atoms with Gasteiger partial charge in [-0.25, -0.2) is 4.39 Å². The van der Waals surface area contributed by atoms with Crippen molar-refractivity contribution in [2.45, 2.75) is 0 Å². The van der Waals surface area contributed by atoms with Gasteiger partial charge in [0.1, 0.15) is 28.1 Å². The van der Waals surface area contributed by atoms with Gasteiger partial charge in [-0.2, -0.15) is 9.64 Å². The van der Waals surface area contributed by atoms with Crippen molar-refractivity contribution in [3.8, 4) is 17.3 Å². The second kappa shape index (κ2) is 3.67. The highest BCUT2D eigenvalue weighted by Crippen LogP contribution is 2.29. The number of aromatic nitrogens is 1. The van der Waals surface area contributed by atoms with E-state index in [9.17, 15) is 4.39 Å². The summed E-state index contributed by atoms with van der Waals surface area (Å²) in [4.78, 5) is 0. The molecule has 2 N–H and O–H groups in total. The van der Waals surface area contributed by atoms with Gasteiger partial charge in [-0.15, -0.1) is 0 Å². The average molecular weight is 219 g/mol. The monoisotopic (exact) mass is 219 g/mol. The Balaban J connectivity index is 2.55. The fraction of sp³-hybridized carbons (Fsp3) is 0. The summed E-state index contributed by atoms with van der Waals surface area (Å²) in [7, 11) is 0. The molecule has 5 heteroatoms. The molecule has 0 fully saturated rings. The van der Waals surface area contributed by atoms with Gasteiger partial charge in [0.25, 0.3) is 0 Å². The van der Waals surface area contributed by atoms with Crippen LogP contribution in [0.25, 0.3) is 11.3 Å². The first-order valence-corrected chi connectivity index (χ1v) is 4.91. The first-order valence-electron chi connectivity index (χ1n) is 4.13. The number of nitrogens with two attached hydrogens (primary N) is 1. The van der Waals surface area contributed by atoms with E-state index >= 15 is 0 Å². The predicted molar refractivity (Wildman–Crippen MR) is 56.6 cm³/mol. The fourth-order valence-corrected chi connectivity index (χ4v) is 1.84. The van der Waals surface area contributed by atoms with Crippen LogP contribution < -0.4 is 5.73 Å².